The van der Waals surface area contributed by atoms with E-state index in [-0.39, 0.29) is 9.92 Å². The molecule has 4 nitrogen and oxygen atoms in total. The highest BCUT2D eigenvalue weighted by Gasteiger charge is 2.35. The van der Waals surface area contributed by atoms with Crippen molar-refractivity contribution in [3.63, 3.8) is 0 Å². The lowest BCUT2D eigenvalue weighted by molar-refractivity contribution is 0.437. The highest BCUT2D eigenvalue weighted by molar-refractivity contribution is 7.89. The lowest BCUT2D eigenvalue weighted by atomic mass is 10.2. The molecule has 1 saturated heterocycles. The van der Waals surface area contributed by atoms with Gasteiger partial charge in [-0.05, 0) is 31.0 Å². The Kier molecular flexibility index (Phi) is 3.83. The summed E-state index contributed by atoms with van der Waals surface area (Å²) in [6.07, 6.45) is 1.26. The number of benzene rings is 1. The quantitative estimate of drug-likeness (QED) is 0.844. The molecule has 1 unspecified atom stereocenters. The third-order valence-electron chi connectivity index (χ3n) is 2.85. The van der Waals surface area contributed by atoms with E-state index in [1.54, 1.807) is 0 Å². The average molecular weight is 305 g/mol. The number of halogens is 2. The second-order valence-corrected chi connectivity index (χ2v) is 6.68. The summed E-state index contributed by atoms with van der Waals surface area (Å²) in [7, 11) is -3.67. The summed E-state index contributed by atoms with van der Waals surface area (Å²) in [6.45, 7) is 0.362. The van der Waals surface area contributed by atoms with E-state index in [9.17, 15) is 8.42 Å². The molecule has 7 heteroatoms. The molecule has 0 radical (unpaired) electrons. The largest absolute Gasteiger partial charge is 0.244 e. The Hall–Kier alpha value is -0.800. The molecule has 0 spiro atoms. The Morgan fingerprint density at radius 1 is 1.33 bits per heavy atom. The molecule has 1 aromatic carbocycles. The molecule has 0 aliphatic carbocycles. The molecular formula is C11H10Cl2N2O2S. The molecule has 0 bridgehead atoms. The van der Waals surface area contributed by atoms with E-state index in [1.165, 1.54) is 22.5 Å². The van der Waals surface area contributed by atoms with E-state index >= 15 is 0 Å². The van der Waals surface area contributed by atoms with Crippen molar-refractivity contribution in [1.29, 1.82) is 5.26 Å². The molecular weight excluding hydrogens is 295 g/mol. The number of hydrogen-bond donors (Lipinski definition) is 0. The first-order chi connectivity index (χ1) is 8.46. The zero-order valence-electron chi connectivity index (χ0n) is 9.31. The number of rotatable bonds is 2. The van der Waals surface area contributed by atoms with Gasteiger partial charge in [-0.25, -0.2) is 8.42 Å². The fourth-order valence-corrected chi connectivity index (χ4v) is 3.93. The van der Waals surface area contributed by atoms with E-state index in [1.807, 2.05) is 6.07 Å². The van der Waals surface area contributed by atoms with Crippen molar-refractivity contribution in [2.45, 2.75) is 23.8 Å². The van der Waals surface area contributed by atoms with Crippen LogP contribution in [0.5, 0.6) is 0 Å². The summed E-state index contributed by atoms with van der Waals surface area (Å²) in [6, 6.07) is 5.56. The standard InChI is InChI=1S/C11H10Cl2N2O2S/c12-10-4-3-9(6-11(10)13)18(16,17)15-5-1-2-8(15)7-14/h3-4,6,8H,1-2,5H2. The van der Waals surface area contributed by atoms with Crippen LogP contribution >= 0.6 is 23.2 Å². The first kappa shape index (κ1) is 13.6. The Bertz CT molecular complexity index is 610. The van der Waals surface area contributed by atoms with E-state index in [0.717, 1.165) is 0 Å². The lowest BCUT2D eigenvalue weighted by Gasteiger charge is -2.19. The molecule has 0 saturated carbocycles. The topological polar surface area (TPSA) is 61.2 Å². The van der Waals surface area contributed by atoms with Crippen molar-refractivity contribution < 1.29 is 8.42 Å². The molecule has 1 aliphatic heterocycles. The Balaban J connectivity index is 2.42. The van der Waals surface area contributed by atoms with Crippen LogP contribution < -0.4 is 0 Å². The maximum atomic E-state index is 12.3. The van der Waals surface area contributed by atoms with E-state index in [4.69, 9.17) is 28.5 Å². The Labute approximate surface area is 116 Å². The van der Waals surface area contributed by atoms with Gasteiger partial charge < -0.3 is 0 Å². The van der Waals surface area contributed by atoms with Crippen molar-refractivity contribution in [2.75, 3.05) is 6.54 Å². The van der Waals surface area contributed by atoms with Gasteiger partial charge in [0, 0.05) is 6.54 Å². The minimum Gasteiger partial charge on any atom is -0.207 e. The second-order valence-electron chi connectivity index (χ2n) is 3.98. The molecule has 1 fully saturated rings. The molecule has 1 aliphatic rings. The number of nitrogens with zero attached hydrogens (tertiary/aromatic N) is 2. The summed E-state index contributed by atoms with van der Waals surface area (Å²) in [5.41, 5.74) is 0. The van der Waals surface area contributed by atoms with Crippen molar-refractivity contribution in [3.05, 3.63) is 28.2 Å². The highest BCUT2D eigenvalue weighted by atomic mass is 35.5. The van der Waals surface area contributed by atoms with Crippen molar-refractivity contribution in [2.24, 2.45) is 0 Å². The molecule has 0 amide bonds. The zero-order chi connectivity index (χ0) is 13.3. The fraction of sp³-hybridized carbons (Fsp3) is 0.364. The SMILES string of the molecule is N#CC1CCCN1S(=O)(=O)c1ccc(Cl)c(Cl)c1. The van der Waals surface area contributed by atoms with Crippen molar-refractivity contribution in [1.82, 2.24) is 4.31 Å². The zero-order valence-corrected chi connectivity index (χ0v) is 11.6. The Morgan fingerprint density at radius 3 is 2.67 bits per heavy atom. The molecule has 1 aromatic rings. The van der Waals surface area contributed by atoms with Gasteiger partial charge in [-0.1, -0.05) is 23.2 Å². The molecule has 0 aromatic heterocycles. The van der Waals surface area contributed by atoms with Crippen LogP contribution in [0.1, 0.15) is 12.8 Å². The summed E-state index contributed by atoms with van der Waals surface area (Å²) in [5.74, 6) is 0. The third kappa shape index (κ3) is 2.34. The molecule has 1 atom stereocenters. The monoisotopic (exact) mass is 304 g/mol. The minimum absolute atomic E-state index is 0.0686. The summed E-state index contributed by atoms with van der Waals surface area (Å²) in [4.78, 5) is 0.0686. The predicted molar refractivity (Wildman–Crippen MR) is 69.0 cm³/mol. The van der Waals surface area contributed by atoms with E-state index < -0.39 is 16.1 Å². The van der Waals surface area contributed by atoms with Crippen LogP contribution in [0.2, 0.25) is 10.0 Å². The van der Waals surface area contributed by atoms with Gasteiger partial charge in [0.05, 0.1) is 21.0 Å². The van der Waals surface area contributed by atoms with Crippen molar-refractivity contribution >= 4 is 33.2 Å². The molecule has 18 heavy (non-hydrogen) atoms. The lowest BCUT2D eigenvalue weighted by Crippen LogP contribution is -2.34. The van der Waals surface area contributed by atoms with Gasteiger partial charge in [0.1, 0.15) is 6.04 Å². The first-order valence-corrected chi connectivity index (χ1v) is 7.53. The van der Waals surface area contributed by atoms with Gasteiger partial charge in [-0.2, -0.15) is 9.57 Å². The first-order valence-electron chi connectivity index (χ1n) is 5.33. The summed E-state index contributed by atoms with van der Waals surface area (Å²) < 4.78 is 25.9. The maximum Gasteiger partial charge on any atom is 0.244 e. The third-order valence-corrected chi connectivity index (χ3v) is 5.49. The number of nitriles is 1. The molecule has 0 N–H and O–H groups in total. The van der Waals surface area contributed by atoms with Crippen LogP contribution in [0, 0.1) is 11.3 Å². The van der Waals surface area contributed by atoms with Crippen LogP contribution in [0.4, 0.5) is 0 Å². The Morgan fingerprint density at radius 2 is 2.06 bits per heavy atom. The van der Waals surface area contributed by atoms with Gasteiger partial charge in [0.2, 0.25) is 10.0 Å². The van der Waals surface area contributed by atoms with Gasteiger partial charge in [-0.15, -0.1) is 0 Å². The summed E-state index contributed by atoms with van der Waals surface area (Å²) in [5, 5.41) is 9.43. The number of hydrogen-bond acceptors (Lipinski definition) is 3. The molecule has 96 valence electrons. The van der Waals surface area contributed by atoms with Gasteiger partial charge in [0.15, 0.2) is 0 Å². The second kappa shape index (κ2) is 5.06. The fourth-order valence-electron chi connectivity index (χ4n) is 1.93. The maximum absolute atomic E-state index is 12.3. The van der Waals surface area contributed by atoms with Gasteiger partial charge in [0.25, 0.3) is 0 Å². The minimum atomic E-state index is -3.67. The summed E-state index contributed by atoms with van der Waals surface area (Å²) >= 11 is 11.6. The molecule has 2 rings (SSSR count). The average Bonchev–Trinajstić information content (AvgIpc) is 2.81. The smallest absolute Gasteiger partial charge is 0.207 e. The van der Waals surface area contributed by atoms with Gasteiger partial charge in [-0.3, -0.25) is 0 Å². The van der Waals surface area contributed by atoms with Crippen LogP contribution in [0.3, 0.4) is 0 Å². The van der Waals surface area contributed by atoms with Crippen LogP contribution in [-0.2, 0) is 10.0 Å². The number of sulfonamides is 1. The van der Waals surface area contributed by atoms with Crippen LogP contribution in [0.15, 0.2) is 23.1 Å². The van der Waals surface area contributed by atoms with E-state index in [2.05, 4.69) is 0 Å². The highest BCUT2D eigenvalue weighted by Crippen LogP contribution is 2.29. The normalized spacial score (nSPS) is 20.8. The van der Waals surface area contributed by atoms with Gasteiger partial charge >= 0.3 is 0 Å². The van der Waals surface area contributed by atoms with Crippen LogP contribution in [0.25, 0.3) is 0 Å². The predicted octanol–water partition coefficient (Wildman–Crippen LogP) is 2.67. The van der Waals surface area contributed by atoms with E-state index in [0.29, 0.717) is 24.4 Å². The molecule has 1 heterocycles. The van der Waals surface area contributed by atoms with Crippen LogP contribution in [-0.4, -0.2) is 25.3 Å². The van der Waals surface area contributed by atoms with Crippen molar-refractivity contribution in [3.8, 4) is 6.07 Å².